The van der Waals surface area contributed by atoms with E-state index >= 15 is 0 Å². The van der Waals surface area contributed by atoms with Crippen LogP contribution in [0.3, 0.4) is 0 Å². The van der Waals surface area contributed by atoms with E-state index in [9.17, 15) is 0 Å². The van der Waals surface area contributed by atoms with Gasteiger partial charge in [-0.05, 0) is 0 Å². The topological polar surface area (TPSA) is 0 Å². The summed E-state index contributed by atoms with van der Waals surface area (Å²) >= 11 is -1.23. The summed E-state index contributed by atoms with van der Waals surface area (Å²) in [5, 5.41) is 0. The van der Waals surface area contributed by atoms with E-state index in [-0.39, 0.29) is 35.6 Å². The van der Waals surface area contributed by atoms with Crippen LogP contribution in [0, 0.1) is 0 Å². The van der Waals surface area contributed by atoms with Crippen molar-refractivity contribution >= 4 is 8.78 Å². The summed E-state index contributed by atoms with van der Waals surface area (Å²) in [5.74, 6) is 0. The van der Waals surface area contributed by atoms with Gasteiger partial charge in [-0.3, -0.25) is 0 Å². The Kier molecular flexibility index (Phi) is 10.7. The zero-order valence-electron chi connectivity index (χ0n) is 27.1. The zero-order valence-corrected chi connectivity index (χ0v) is 31.0. The number of hydrogen-bond acceptors (Lipinski definition) is 0. The molecular formula is C41H43Cl2Zr. The maximum atomic E-state index is 2.58. The molecule has 0 saturated heterocycles. The van der Waals surface area contributed by atoms with Crippen molar-refractivity contribution in [2.24, 2.45) is 0 Å². The third-order valence-corrected chi connectivity index (χ3v) is 13.3. The molecule has 6 rings (SSSR count). The Morgan fingerprint density at radius 1 is 0.727 bits per heavy atom. The molecular weight excluding hydrogens is 655 g/mol. The third-order valence-electron chi connectivity index (χ3n) is 8.99. The van der Waals surface area contributed by atoms with Gasteiger partial charge in [-0.15, -0.1) is 0 Å². The summed E-state index contributed by atoms with van der Waals surface area (Å²) in [5.41, 5.74) is 16.6. The summed E-state index contributed by atoms with van der Waals surface area (Å²) in [7, 11) is 0. The predicted octanol–water partition coefficient (Wildman–Crippen LogP) is 4.83. The molecule has 0 amide bonds. The molecule has 0 fully saturated rings. The quantitative estimate of drug-likeness (QED) is 0.281. The van der Waals surface area contributed by atoms with Crippen LogP contribution in [0.1, 0.15) is 104 Å². The number of halogens is 2. The molecule has 4 aromatic carbocycles. The fourth-order valence-electron chi connectivity index (χ4n) is 6.76. The number of fused-ring (bicyclic) bond motifs is 3. The van der Waals surface area contributed by atoms with Crippen molar-refractivity contribution in [1.29, 1.82) is 0 Å². The van der Waals surface area contributed by atoms with E-state index in [0.29, 0.717) is 3.63 Å². The Bertz CT molecular complexity index is 1690. The minimum Gasteiger partial charge on any atom is -1.00 e. The maximum Gasteiger partial charge on any atom is -1.00 e. The molecule has 0 nitrogen and oxygen atoms in total. The van der Waals surface area contributed by atoms with Crippen molar-refractivity contribution in [2.45, 2.75) is 75.8 Å². The van der Waals surface area contributed by atoms with Crippen molar-refractivity contribution in [3.63, 3.8) is 0 Å². The number of allylic oxidation sites excluding steroid dienone is 4. The summed E-state index contributed by atoms with van der Waals surface area (Å²) in [4.78, 5) is 0. The molecule has 0 bridgehead atoms. The molecule has 0 radical (unpaired) electrons. The molecule has 2 aliphatic carbocycles. The molecule has 0 heterocycles. The third kappa shape index (κ3) is 6.49. The smallest absolute Gasteiger partial charge is 1.00 e. The van der Waals surface area contributed by atoms with Crippen molar-refractivity contribution in [3.05, 3.63) is 148 Å². The van der Waals surface area contributed by atoms with E-state index < -0.39 is 22.8 Å². The van der Waals surface area contributed by atoms with Crippen molar-refractivity contribution < 1.29 is 47.6 Å². The van der Waals surface area contributed by atoms with E-state index in [1.807, 2.05) is 0 Å². The van der Waals surface area contributed by atoms with E-state index in [1.54, 1.807) is 25.5 Å². The number of benzene rings is 4. The van der Waals surface area contributed by atoms with Crippen LogP contribution < -0.4 is 24.8 Å². The minimum absolute atomic E-state index is 0. The second-order valence-corrected chi connectivity index (χ2v) is 17.3. The van der Waals surface area contributed by atoms with Gasteiger partial charge in [0.05, 0.1) is 0 Å². The van der Waals surface area contributed by atoms with Gasteiger partial charge >= 0.3 is 266 Å². The second kappa shape index (κ2) is 13.6. The fraction of sp³-hybridized carbons (Fsp3) is 0.293. The molecule has 2 aliphatic rings. The minimum atomic E-state index is -1.23. The molecule has 44 heavy (non-hydrogen) atoms. The molecule has 3 heteroatoms. The van der Waals surface area contributed by atoms with Gasteiger partial charge in [0.15, 0.2) is 0 Å². The molecule has 0 aliphatic heterocycles. The van der Waals surface area contributed by atoms with Crippen molar-refractivity contribution in [2.75, 3.05) is 0 Å². The van der Waals surface area contributed by atoms with Gasteiger partial charge in [0, 0.05) is 0 Å². The molecule has 0 aromatic heterocycles. The average molecular weight is 698 g/mol. The SMILES string of the molecule is CCC1=C(c2c(C(C)(C)C)ccc3c2[CH]([Zr+2]=[C](c2ccccc2)c2ccccc2)c2cc(C(C)(C)C)ccc2-3)CC=C1.[Cl-].[Cl-]. The number of hydrogen-bond donors (Lipinski definition) is 0. The Morgan fingerprint density at radius 3 is 1.86 bits per heavy atom. The van der Waals surface area contributed by atoms with Crippen LogP contribution >= 0.6 is 0 Å². The molecule has 1 atom stereocenters. The maximum absolute atomic E-state index is 2.58. The number of rotatable bonds is 5. The van der Waals surface area contributed by atoms with Gasteiger partial charge in [0.2, 0.25) is 0 Å². The summed E-state index contributed by atoms with van der Waals surface area (Å²) in [6.45, 7) is 16.6. The fourth-order valence-corrected chi connectivity index (χ4v) is 11.2. The summed E-state index contributed by atoms with van der Waals surface area (Å²) in [6, 6.07) is 34.8. The largest absolute Gasteiger partial charge is 1.00 e. The predicted molar refractivity (Wildman–Crippen MR) is 178 cm³/mol. The van der Waals surface area contributed by atoms with Crippen LogP contribution in [0.5, 0.6) is 0 Å². The standard InChI is InChI=1S/C28H33.C13H10.2ClH.Zr/c1-8-18-10-9-11-22(18)26-24-17-19-16-20(27(2,3)4)12-13-21(19)23(24)14-15-25(26)28(5,6)7;1-3-7-12(8-4-1)11-13-9-5-2-6-10-13;;;/h9-10,12-17H,8,11H2,1-7H3;1-10H;2*1H;/q;;;;+2/p-2. The van der Waals surface area contributed by atoms with Crippen LogP contribution in [0.15, 0.2) is 109 Å². The van der Waals surface area contributed by atoms with Gasteiger partial charge < -0.3 is 24.8 Å². The van der Waals surface area contributed by atoms with Crippen LogP contribution in [0.25, 0.3) is 16.7 Å². The van der Waals surface area contributed by atoms with E-state index in [4.69, 9.17) is 0 Å². The molecule has 4 aromatic rings. The second-order valence-electron chi connectivity index (χ2n) is 13.9. The molecule has 1 unspecified atom stereocenters. The molecule has 0 spiro atoms. The first-order valence-corrected chi connectivity index (χ1v) is 18.2. The van der Waals surface area contributed by atoms with Gasteiger partial charge in [-0.1, -0.05) is 0 Å². The average Bonchev–Trinajstić information content (AvgIpc) is 3.57. The van der Waals surface area contributed by atoms with Gasteiger partial charge in [-0.2, -0.15) is 0 Å². The Balaban J connectivity index is 0.00000221. The Morgan fingerprint density at radius 2 is 1.32 bits per heavy atom. The van der Waals surface area contributed by atoms with E-state index in [1.165, 1.54) is 39.0 Å². The van der Waals surface area contributed by atoms with Gasteiger partial charge in [-0.25, -0.2) is 0 Å². The van der Waals surface area contributed by atoms with Crippen LogP contribution in [-0.2, 0) is 33.6 Å². The molecule has 225 valence electrons. The van der Waals surface area contributed by atoms with Crippen LogP contribution in [-0.4, -0.2) is 3.21 Å². The van der Waals surface area contributed by atoms with Gasteiger partial charge in [0.25, 0.3) is 0 Å². The summed E-state index contributed by atoms with van der Waals surface area (Å²) < 4.78 is 2.03. The molecule has 0 N–H and O–H groups in total. The van der Waals surface area contributed by atoms with Gasteiger partial charge in [0.1, 0.15) is 0 Å². The van der Waals surface area contributed by atoms with Crippen LogP contribution in [0.2, 0.25) is 0 Å². The van der Waals surface area contributed by atoms with E-state index in [2.05, 4.69) is 152 Å². The van der Waals surface area contributed by atoms with Crippen LogP contribution in [0.4, 0.5) is 0 Å². The normalized spacial score (nSPS) is 15.2. The first-order chi connectivity index (χ1) is 20.1. The first-order valence-electron chi connectivity index (χ1n) is 15.5. The Hall–Kier alpha value is -2.31. The molecule has 0 saturated carbocycles. The van der Waals surface area contributed by atoms with Crippen molar-refractivity contribution in [3.8, 4) is 11.1 Å². The van der Waals surface area contributed by atoms with Crippen molar-refractivity contribution in [1.82, 2.24) is 0 Å². The monoisotopic (exact) mass is 695 g/mol. The summed E-state index contributed by atoms with van der Waals surface area (Å²) in [6.07, 6.45) is 6.90. The first kappa shape index (κ1) is 34.6. The zero-order chi connectivity index (χ0) is 29.6. The van der Waals surface area contributed by atoms with E-state index in [0.717, 1.165) is 12.8 Å². The Labute approximate surface area is 289 Å².